The van der Waals surface area contributed by atoms with Crippen LogP contribution in [0.4, 0.5) is 4.79 Å². The van der Waals surface area contributed by atoms with Gasteiger partial charge in [-0.2, -0.15) is 0 Å². The SMILES string of the molecule is CC(C)(C)OC(=O)N1CCC(n2cccc2C(=O)NNC(=O)c2ccccc2Cl)CC1. The maximum atomic E-state index is 12.7. The van der Waals surface area contributed by atoms with Crippen molar-refractivity contribution in [1.82, 2.24) is 20.3 Å². The van der Waals surface area contributed by atoms with Crippen LogP contribution in [0, 0.1) is 0 Å². The van der Waals surface area contributed by atoms with Gasteiger partial charge in [-0.15, -0.1) is 0 Å². The van der Waals surface area contributed by atoms with Crippen LogP contribution in [0.2, 0.25) is 5.02 Å². The van der Waals surface area contributed by atoms with Gasteiger partial charge in [-0.3, -0.25) is 20.4 Å². The third-order valence-electron chi connectivity index (χ3n) is 4.93. The van der Waals surface area contributed by atoms with E-state index in [0.717, 1.165) is 0 Å². The van der Waals surface area contributed by atoms with Crippen LogP contribution < -0.4 is 10.9 Å². The zero-order chi connectivity index (χ0) is 22.6. The maximum Gasteiger partial charge on any atom is 0.410 e. The van der Waals surface area contributed by atoms with Crippen molar-refractivity contribution in [3.8, 4) is 0 Å². The molecule has 2 heterocycles. The van der Waals surface area contributed by atoms with Gasteiger partial charge in [-0.05, 0) is 57.9 Å². The molecule has 1 aliphatic heterocycles. The first kappa shape index (κ1) is 22.7. The van der Waals surface area contributed by atoms with E-state index in [9.17, 15) is 14.4 Å². The van der Waals surface area contributed by atoms with Gasteiger partial charge in [0.2, 0.25) is 0 Å². The number of likely N-dealkylation sites (tertiary alicyclic amines) is 1. The molecule has 1 fully saturated rings. The number of amides is 3. The first-order valence-electron chi connectivity index (χ1n) is 10.2. The first-order valence-corrected chi connectivity index (χ1v) is 10.5. The fourth-order valence-electron chi connectivity index (χ4n) is 3.45. The Morgan fingerprint density at radius 2 is 1.65 bits per heavy atom. The van der Waals surface area contributed by atoms with Crippen molar-refractivity contribution in [2.75, 3.05) is 13.1 Å². The predicted octanol–water partition coefficient (Wildman–Crippen LogP) is 3.79. The number of rotatable bonds is 3. The quantitative estimate of drug-likeness (QED) is 0.701. The van der Waals surface area contributed by atoms with E-state index in [0.29, 0.717) is 36.6 Å². The molecule has 3 amide bonds. The molecular formula is C22H27ClN4O4. The molecule has 8 nitrogen and oxygen atoms in total. The summed E-state index contributed by atoms with van der Waals surface area (Å²) in [5, 5.41) is 0.300. The van der Waals surface area contributed by atoms with Crippen molar-refractivity contribution < 1.29 is 19.1 Å². The number of hydrogen-bond acceptors (Lipinski definition) is 4. The first-order chi connectivity index (χ1) is 14.7. The molecule has 0 bridgehead atoms. The van der Waals surface area contributed by atoms with E-state index in [-0.39, 0.29) is 17.7 Å². The topological polar surface area (TPSA) is 92.7 Å². The highest BCUT2D eigenvalue weighted by Crippen LogP contribution is 2.25. The second-order valence-corrected chi connectivity index (χ2v) is 8.79. The largest absolute Gasteiger partial charge is 0.444 e. The molecule has 2 N–H and O–H groups in total. The molecular weight excluding hydrogens is 420 g/mol. The summed E-state index contributed by atoms with van der Waals surface area (Å²) in [5.74, 6) is -0.928. The zero-order valence-electron chi connectivity index (χ0n) is 17.9. The minimum Gasteiger partial charge on any atom is -0.444 e. The van der Waals surface area contributed by atoms with Crippen LogP contribution >= 0.6 is 11.6 Å². The molecule has 0 atom stereocenters. The van der Waals surface area contributed by atoms with Crippen LogP contribution in [-0.2, 0) is 4.74 Å². The summed E-state index contributed by atoms with van der Waals surface area (Å²) in [4.78, 5) is 38.9. The molecule has 0 spiro atoms. The van der Waals surface area contributed by atoms with Gasteiger partial charge in [0, 0.05) is 25.3 Å². The number of hydrazine groups is 1. The molecule has 1 aliphatic rings. The second-order valence-electron chi connectivity index (χ2n) is 8.39. The van der Waals surface area contributed by atoms with E-state index in [1.165, 1.54) is 0 Å². The summed E-state index contributed by atoms with van der Waals surface area (Å²) < 4.78 is 7.31. The summed E-state index contributed by atoms with van der Waals surface area (Å²) >= 11 is 6.02. The Kier molecular flexibility index (Phi) is 6.90. The number of carbonyl (C=O) groups is 3. The number of ether oxygens (including phenoxy) is 1. The zero-order valence-corrected chi connectivity index (χ0v) is 18.6. The number of aromatic nitrogens is 1. The lowest BCUT2D eigenvalue weighted by Gasteiger charge is -2.34. The Balaban J connectivity index is 1.57. The molecule has 166 valence electrons. The number of carbonyl (C=O) groups excluding carboxylic acids is 3. The summed E-state index contributed by atoms with van der Waals surface area (Å²) in [6, 6.07) is 10.1. The van der Waals surface area contributed by atoms with Crippen molar-refractivity contribution in [1.29, 1.82) is 0 Å². The Morgan fingerprint density at radius 3 is 2.29 bits per heavy atom. The van der Waals surface area contributed by atoms with Gasteiger partial charge >= 0.3 is 6.09 Å². The summed E-state index contributed by atoms with van der Waals surface area (Å²) in [7, 11) is 0. The summed E-state index contributed by atoms with van der Waals surface area (Å²) in [5.41, 5.74) is 5.00. The molecule has 1 aromatic heterocycles. The molecule has 2 aromatic rings. The lowest BCUT2D eigenvalue weighted by Crippen LogP contribution is -2.44. The van der Waals surface area contributed by atoms with Crippen LogP contribution in [0.1, 0.15) is 60.5 Å². The van der Waals surface area contributed by atoms with Gasteiger partial charge in [0.25, 0.3) is 11.8 Å². The molecule has 1 aromatic carbocycles. The molecule has 1 saturated heterocycles. The molecule has 0 saturated carbocycles. The van der Waals surface area contributed by atoms with Crippen molar-refractivity contribution >= 4 is 29.5 Å². The van der Waals surface area contributed by atoms with Crippen LogP contribution in [0.3, 0.4) is 0 Å². The third kappa shape index (κ3) is 5.79. The van der Waals surface area contributed by atoms with Gasteiger partial charge in [0.15, 0.2) is 0 Å². The highest BCUT2D eigenvalue weighted by molar-refractivity contribution is 6.33. The van der Waals surface area contributed by atoms with Crippen LogP contribution in [0.25, 0.3) is 0 Å². The number of halogens is 1. The molecule has 0 radical (unpaired) electrons. The van der Waals surface area contributed by atoms with Gasteiger partial charge in [0.05, 0.1) is 10.6 Å². The van der Waals surface area contributed by atoms with Crippen LogP contribution in [-0.4, -0.2) is 46.1 Å². The van der Waals surface area contributed by atoms with Crippen molar-refractivity contribution in [3.63, 3.8) is 0 Å². The Labute approximate surface area is 186 Å². The van der Waals surface area contributed by atoms with E-state index >= 15 is 0 Å². The Morgan fingerprint density at radius 1 is 1.00 bits per heavy atom. The number of nitrogens with zero attached hydrogens (tertiary/aromatic N) is 2. The minimum atomic E-state index is -0.534. The monoisotopic (exact) mass is 446 g/mol. The number of piperidine rings is 1. The van der Waals surface area contributed by atoms with Crippen molar-refractivity contribution in [3.05, 3.63) is 58.9 Å². The minimum absolute atomic E-state index is 0.0636. The van der Waals surface area contributed by atoms with Gasteiger partial charge in [0.1, 0.15) is 11.3 Å². The van der Waals surface area contributed by atoms with Crippen molar-refractivity contribution in [2.24, 2.45) is 0 Å². The van der Waals surface area contributed by atoms with Crippen LogP contribution in [0.5, 0.6) is 0 Å². The normalized spacial score (nSPS) is 14.8. The fraction of sp³-hybridized carbons (Fsp3) is 0.409. The van der Waals surface area contributed by atoms with E-state index in [1.807, 2.05) is 31.5 Å². The average molecular weight is 447 g/mol. The van der Waals surface area contributed by atoms with Gasteiger partial charge in [-0.1, -0.05) is 23.7 Å². The highest BCUT2D eigenvalue weighted by Gasteiger charge is 2.28. The van der Waals surface area contributed by atoms with Crippen LogP contribution in [0.15, 0.2) is 42.6 Å². The smallest absolute Gasteiger partial charge is 0.410 e. The number of nitrogens with one attached hydrogen (secondary N) is 2. The molecule has 9 heteroatoms. The van der Waals surface area contributed by atoms with Gasteiger partial charge < -0.3 is 14.2 Å². The average Bonchev–Trinajstić information content (AvgIpc) is 3.21. The molecule has 31 heavy (non-hydrogen) atoms. The Hall–Kier alpha value is -3.00. The number of benzene rings is 1. The maximum absolute atomic E-state index is 12.7. The lowest BCUT2D eigenvalue weighted by atomic mass is 10.0. The summed E-state index contributed by atoms with van der Waals surface area (Å²) in [6.07, 6.45) is 2.90. The fourth-order valence-corrected chi connectivity index (χ4v) is 3.67. The van der Waals surface area contributed by atoms with E-state index in [2.05, 4.69) is 10.9 Å². The van der Waals surface area contributed by atoms with E-state index < -0.39 is 17.4 Å². The highest BCUT2D eigenvalue weighted by atomic mass is 35.5. The van der Waals surface area contributed by atoms with E-state index in [4.69, 9.17) is 16.3 Å². The summed E-state index contributed by atoms with van der Waals surface area (Å²) in [6.45, 7) is 6.61. The number of hydrogen-bond donors (Lipinski definition) is 2. The molecule has 0 unspecified atom stereocenters. The van der Waals surface area contributed by atoms with Crippen molar-refractivity contribution in [2.45, 2.75) is 45.3 Å². The lowest BCUT2D eigenvalue weighted by molar-refractivity contribution is 0.0187. The third-order valence-corrected chi connectivity index (χ3v) is 5.26. The predicted molar refractivity (Wildman–Crippen MR) is 117 cm³/mol. The molecule has 0 aliphatic carbocycles. The second kappa shape index (κ2) is 9.43. The van der Waals surface area contributed by atoms with E-state index in [1.54, 1.807) is 41.3 Å². The Bertz CT molecular complexity index is 958. The van der Waals surface area contributed by atoms with Gasteiger partial charge in [-0.25, -0.2) is 4.79 Å². The molecule has 3 rings (SSSR count). The standard InChI is InChI=1S/C22H27ClN4O4/c1-22(2,3)31-21(30)26-13-10-15(11-14-26)27-12-6-9-18(27)20(29)25-24-19(28)16-7-4-5-8-17(16)23/h4-9,12,15H,10-11,13-14H2,1-3H3,(H,24,28)(H,25,29).